The van der Waals surface area contributed by atoms with E-state index in [9.17, 15) is 9.59 Å². The van der Waals surface area contributed by atoms with Gasteiger partial charge in [-0.15, -0.1) is 11.3 Å². The molecule has 1 aromatic carbocycles. The summed E-state index contributed by atoms with van der Waals surface area (Å²) in [4.78, 5) is 28.9. The molecule has 148 valence electrons. The Labute approximate surface area is 171 Å². The molecule has 0 N–H and O–H groups in total. The summed E-state index contributed by atoms with van der Waals surface area (Å²) in [6.45, 7) is 0.738. The quantitative estimate of drug-likeness (QED) is 0.466. The third-order valence-corrected chi connectivity index (χ3v) is 6.54. The van der Waals surface area contributed by atoms with E-state index >= 15 is 0 Å². The van der Waals surface area contributed by atoms with Gasteiger partial charge in [0.15, 0.2) is 0 Å². The molecule has 3 aromatic heterocycles. The van der Waals surface area contributed by atoms with Crippen LogP contribution in [0.15, 0.2) is 57.2 Å². The first-order valence-electron chi connectivity index (χ1n) is 9.90. The van der Waals surface area contributed by atoms with Crippen LogP contribution in [0.1, 0.15) is 30.6 Å². The highest BCUT2D eigenvalue weighted by Crippen LogP contribution is 2.27. The van der Waals surface area contributed by atoms with Crippen molar-refractivity contribution in [1.82, 2.24) is 14.7 Å². The summed E-state index contributed by atoms with van der Waals surface area (Å²) in [5.74, 6) is 0.0348. The Hall–Kier alpha value is -2.93. The van der Waals surface area contributed by atoms with Gasteiger partial charge in [-0.1, -0.05) is 31.0 Å². The lowest BCUT2D eigenvalue weighted by molar-refractivity contribution is -0.134. The van der Waals surface area contributed by atoms with Gasteiger partial charge in [0.2, 0.25) is 5.91 Å². The van der Waals surface area contributed by atoms with Gasteiger partial charge in [-0.05, 0) is 36.4 Å². The third-order valence-electron chi connectivity index (χ3n) is 5.68. The summed E-state index contributed by atoms with van der Waals surface area (Å²) in [5, 5.41) is 7.60. The highest BCUT2D eigenvalue weighted by molar-refractivity contribution is 7.09. The number of para-hydroxylation sites is 1. The van der Waals surface area contributed by atoms with Crippen molar-refractivity contribution >= 4 is 39.1 Å². The maximum atomic E-state index is 13.4. The molecule has 1 fully saturated rings. The number of hydrogen-bond acceptors (Lipinski definition) is 5. The number of aromatic nitrogens is 2. The number of benzene rings is 1. The second kappa shape index (κ2) is 7.48. The minimum Gasteiger partial charge on any atom is -0.422 e. The van der Waals surface area contributed by atoms with E-state index in [1.54, 1.807) is 22.1 Å². The van der Waals surface area contributed by atoms with Gasteiger partial charge >= 0.3 is 5.63 Å². The molecule has 0 spiro atoms. The van der Waals surface area contributed by atoms with Gasteiger partial charge in [0.25, 0.3) is 0 Å². The van der Waals surface area contributed by atoms with Gasteiger partial charge in [0, 0.05) is 16.3 Å². The summed E-state index contributed by atoms with van der Waals surface area (Å²) in [7, 11) is 0. The number of thiophene rings is 1. The second-order valence-corrected chi connectivity index (χ2v) is 8.52. The molecular weight excluding hydrogens is 386 g/mol. The highest BCUT2D eigenvalue weighted by atomic mass is 32.1. The fourth-order valence-electron chi connectivity index (χ4n) is 4.27. The first-order chi connectivity index (χ1) is 14.2. The first kappa shape index (κ1) is 18.1. The van der Waals surface area contributed by atoms with Gasteiger partial charge in [-0.25, -0.2) is 4.79 Å². The van der Waals surface area contributed by atoms with Crippen molar-refractivity contribution in [3.8, 4) is 0 Å². The molecule has 0 atom stereocenters. The number of carbonyl (C=O) groups excluding carboxylic acids is 1. The first-order valence-corrected chi connectivity index (χ1v) is 10.8. The van der Waals surface area contributed by atoms with E-state index in [4.69, 9.17) is 4.42 Å². The minimum atomic E-state index is -0.427. The Balaban J connectivity index is 1.51. The Morgan fingerprint density at radius 2 is 2.00 bits per heavy atom. The van der Waals surface area contributed by atoms with Gasteiger partial charge < -0.3 is 9.32 Å². The van der Waals surface area contributed by atoms with Gasteiger partial charge in [-0.2, -0.15) is 5.10 Å². The molecule has 4 aromatic rings. The van der Waals surface area contributed by atoms with Crippen LogP contribution in [0, 0.1) is 0 Å². The lowest BCUT2D eigenvalue weighted by atomic mass is 10.2. The molecule has 0 aliphatic heterocycles. The molecule has 1 amide bonds. The van der Waals surface area contributed by atoms with E-state index in [0.29, 0.717) is 23.0 Å². The van der Waals surface area contributed by atoms with E-state index in [2.05, 4.69) is 11.2 Å². The molecule has 5 rings (SSSR count). The minimum absolute atomic E-state index is 0.0348. The van der Waals surface area contributed by atoms with Crippen molar-refractivity contribution in [2.45, 2.75) is 44.8 Å². The molecule has 0 bridgehead atoms. The largest absolute Gasteiger partial charge is 0.422 e. The zero-order chi connectivity index (χ0) is 19.8. The highest BCUT2D eigenvalue weighted by Gasteiger charge is 2.28. The number of carbonyl (C=O) groups is 1. The molecule has 0 saturated heterocycles. The normalized spacial score (nSPS) is 14.8. The number of rotatable bonds is 5. The third kappa shape index (κ3) is 3.35. The molecule has 1 aliphatic carbocycles. The molecule has 3 heterocycles. The van der Waals surface area contributed by atoms with Gasteiger partial charge in [0.05, 0.1) is 18.3 Å². The van der Waals surface area contributed by atoms with E-state index in [0.717, 1.165) is 31.1 Å². The lowest BCUT2D eigenvalue weighted by Gasteiger charge is -2.28. The van der Waals surface area contributed by atoms with Crippen LogP contribution in [0.2, 0.25) is 0 Å². The van der Waals surface area contributed by atoms with E-state index in [-0.39, 0.29) is 18.5 Å². The molecule has 0 unspecified atom stereocenters. The average molecular weight is 407 g/mol. The maximum absolute atomic E-state index is 13.4. The van der Waals surface area contributed by atoms with Crippen LogP contribution < -0.4 is 5.63 Å². The van der Waals surface area contributed by atoms with Crippen molar-refractivity contribution < 1.29 is 9.21 Å². The molecule has 1 saturated carbocycles. The Bertz CT molecular complexity index is 1220. The second-order valence-electron chi connectivity index (χ2n) is 7.49. The smallest absolute Gasteiger partial charge is 0.347 e. The molecule has 1 aliphatic rings. The predicted octanol–water partition coefficient (Wildman–Crippen LogP) is 4.18. The maximum Gasteiger partial charge on any atom is 0.347 e. The lowest BCUT2D eigenvalue weighted by Crippen LogP contribution is -2.40. The Kier molecular flexibility index (Phi) is 4.67. The van der Waals surface area contributed by atoms with Crippen molar-refractivity contribution in [3.63, 3.8) is 0 Å². The van der Waals surface area contributed by atoms with Crippen LogP contribution in [-0.4, -0.2) is 26.6 Å². The van der Waals surface area contributed by atoms with Crippen LogP contribution in [0.5, 0.6) is 0 Å². The van der Waals surface area contributed by atoms with E-state index < -0.39 is 5.63 Å². The standard InChI is InChI=1S/C22H21N3O3S/c26-20(24(15-6-1-2-7-15)13-16-8-5-11-29-16)14-25-21-17-9-3-4-10-19(17)28-22(27)18(21)12-23-25/h3-5,8-12,15H,1-2,6-7,13-14H2. The van der Waals surface area contributed by atoms with Gasteiger partial charge in [0.1, 0.15) is 17.5 Å². The Morgan fingerprint density at radius 3 is 2.79 bits per heavy atom. The van der Waals surface area contributed by atoms with Crippen molar-refractivity contribution in [3.05, 3.63) is 63.3 Å². The molecule has 0 radical (unpaired) electrons. The van der Waals surface area contributed by atoms with Gasteiger partial charge in [-0.3, -0.25) is 9.48 Å². The number of nitrogens with zero attached hydrogens (tertiary/aromatic N) is 3. The van der Waals surface area contributed by atoms with Crippen LogP contribution in [0.4, 0.5) is 0 Å². The van der Waals surface area contributed by atoms with Crippen LogP contribution in [0.25, 0.3) is 21.9 Å². The number of fused-ring (bicyclic) bond motifs is 3. The van der Waals surface area contributed by atoms with Crippen molar-refractivity contribution in [2.75, 3.05) is 0 Å². The fourth-order valence-corrected chi connectivity index (χ4v) is 4.97. The van der Waals surface area contributed by atoms with Crippen LogP contribution in [0.3, 0.4) is 0 Å². The number of amides is 1. The zero-order valence-corrected chi connectivity index (χ0v) is 16.7. The molecular formula is C22H21N3O3S. The summed E-state index contributed by atoms with van der Waals surface area (Å²) in [6, 6.07) is 11.7. The predicted molar refractivity (Wildman–Crippen MR) is 113 cm³/mol. The summed E-state index contributed by atoms with van der Waals surface area (Å²) in [6.07, 6.45) is 5.91. The van der Waals surface area contributed by atoms with Crippen molar-refractivity contribution in [2.24, 2.45) is 0 Å². The zero-order valence-electron chi connectivity index (χ0n) is 15.9. The SMILES string of the molecule is O=C(Cn1ncc2c(=O)oc3ccccc3c21)N(Cc1cccs1)C1CCCC1. The van der Waals surface area contributed by atoms with E-state index in [1.807, 2.05) is 34.5 Å². The number of hydrogen-bond donors (Lipinski definition) is 0. The molecule has 6 nitrogen and oxygen atoms in total. The van der Waals surface area contributed by atoms with Crippen molar-refractivity contribution in [1.29, 1.82) is 0 Å². The topological polar surface area (TPSA) is 68.3 Å². The van der Waals surface area contributed by atoms with E-state index in [1.165, 1.54) is 11.1 Å². The summed E-state index contributed by atoms with van der Waals surface area (Å²) < 4.78 is 7.04. The average Bonchev–Trinajstić information content (AvgIpc) is 3.48. The summed E-state index contributed by atoms with van der Waals surface area (Å²) in [5.41, 5.74) is 0.738. The summed E-state index contributed by atoms with van der Waals surface area (Å²) >= 11 is 1.67. The van der Waals surface area contributed by atoms with Crippen LogP contribution >= 0.6 is 11.3 Å². The van der Waals surface area contributed by atoms with Crippen LogP contribution in [-0.2, 0) is 17.9 Å². The molecule has 29 heavy (non-hydrogen) atoms. The Morgan fingerprint density at radius 1 is 1.17 bits per heavy atom. The monoisotopic (exact) mass is 407 g/mol. The fraction of sp³-hybridized carbons (Fsp3) is 0.318. The molecule has 7 heteroatoms.